The van der Waals surface area contributed by atoms with Crippen molar-refractivity contribution in [2.45, 2.75) is 19.9 Å². The molecule has 126 valence electrons. The molecular weight excluding hydrogens is 324 g/mol. The van der Waals surface area contributed by atoms with Gasteiger partial charge in [0, 0.05) is 18.1 Å². The highest BCUT2D eigenvalue weighted by Gasteiger charge is 2.13. The van der Waals surface area contributed by atoms with Crippen LogP contribution in [0.4, 0.5) is 0 Å². The minimum atomic E-state index is -0.159. The molecule has 0 unspecified atom stereocenters. The molecule has 0 radical (unpaired) electrons. The molecular formula is C19H21ClN2O2. The highest BCUT2D eigenvalue weighted by Crippen LogP contribution is 2.12. The van der Waals surface area contributed by atoms with Gasteiger partial charge in [0.2, 0.25) is 11.8 Å². The molecule has 4 nitrogen and oxygen atoms in total. The molecule has 0 spiro atoms. The second-order valence-electron chi connectivity index (χ2n) is 5.48. The van der Waals surface area contributed by atoms with Crippen LogP contribution in [0.5, 0.6) is 0 Å². The van der Waals surface area contributed by atoms with E-state index in [1.165, 1.54) is 0 Å². The lowest BCUT2D eigenvalue weighted by Crippen LogP contribution is -2.40. The van der Waals surface area contributed by atoms with Crippen LogP contribution in [0.15, 0.2) is 54.6 Å². The van der Waals surface area contributed by atoms with Crippen molar-refractivity contribution in [3.8, 4) is 0 Å². The van der Waals surface area contributed by atoms with Gasteiger partial charge in [-0.3, -0.25) is 9.59 Å². The summed E-state index contributed by atoms with van der Waals surface area (Å²) in [5.74, 6) is -0.271. The summed E-state index contributed by atoms with van der Waals surface area (Å²) in [6, 6.07) is 16.9. The average Bonchev–Trinajstić information content (AvgIpc) is 2.58. The van der Waals surface area contributed by atoms with Gasteiger partial charge in [0.1, 0.15) is 0 Å². The van der Waals surface area contributed by atoms with E-state index in [0.717, 1.165) is 11.1 Å². The van der Waals surface area contributed by atoms with Crippen LogP contribution in [0.1, 0.15) is 18.1 Å². The van der Waals surface area contributed by atoms with Crippen molar-refractivity contribution in [1.29, 1.82) is 0 Å². The molecule has 0 saturated carbocycles. The molecule has 0 saturated heterocycles. The summed E-state index contributed by atoms with van der Waals surface area (Å²) in [6.07, 6.45) is 0.272. The third-order valence-corrected chi connectivity index (χ3v) is 3.88. The SMILES string of the molecule is CCN(Cc1cccc(Cl)c1)C(=O)CNC(=O)Cc1ccccc1. The topological polar surface area (TPSA) is 49.4 Å². The minimum Gasteiger partial charge on any atom is -0.347 e. The third kappa shape index (κ3) is 5.70. The largest absolute Gasteiger partial charge is 0.347 e. The summed E-state index contributed by atoms with van der Waals surface area (Å²) in [7, 11) is 0. The molecule has 0 aliphatic rings. The van der Waals surface area contributed by atoms with Crippen molar-refractivity contribution < 1.29 is 9.59 Å². The number of rotatable bonds is 7. The Morgan fingerprint density at radius 3 is 2.42 bits per heavy atom. The fourth-order valence-corrected chi connectivity index (χ4v) is 2.57. The predicted octanol–water partition coefficient (Wildman–Crippen LogP) is 3.05. The minimum absolute atomic E-state index is 0.0000720. The van der Waals surface area contributed by atoms with E-state index in [2.05, 4.69) is 5.32 Å². The van der Waals surface area contributed by atoms with Crippen LogP contribution < -0.4 is 5.32 Å². The number of benzene rings is 2. The second kappa shape index (κ2) is 9.08. The van der Waals surface area contributed by atoms with E-state index in [-0.39, 0.29) is 24.8 Å². The maximum atomic E-state index is 12.3. The lowest BCUT2D eigenvalue weighted by Gasteiger charge is -2.21. The Morgan fingerprint density at radius 1 is 1.04 bits per heavy atom. The fourth-order valence-electron chi connectivity index (χ4n) is 2.36. The smallest absolute Gasteiger partial charge is 0.242 e. The van der Waals surface area contributed by atoms with Crippen molar-refractivity contribution in [1.82, 2.24) is 10.2 Å². The Morgan fingerprint density at radius 2 is 1.75 bits per heavy atom. The summed E-state index contributed by atoms with van der Waals surface area (Å²) in [4.78, 5) is 25.9. The number of nitrogens with zero attached hydrogens (tertiary/aromatic N) is 1. The number of likely N-dealkylation sites (N-methyl/N-ethyl adjacent to an activating group) is 1. The molecule has 0 fully saturated rings. The number of halogens is 1. The molecule has 0 atom stereocenters. The van der Waals surface area contributed by atoms with Crippen LogP contribution in [0.3, 0.4) is 0 Å². The van der Waals surface area contributed by atoms with Gasteiger partial charge in [-0.15, -0.1) is 0 Å². The zero-order valence-electron chi connectivity index (χ0n) is 13.7. The summed E-state index contributed by atoms with van der Waals surface area (Å²) < 4.78 is 0. The highest BCUT2D eigenvalue weighted by atomic mass is 35.5. The number of amides is 2. The molecule has 0 aliphatic carbocycles. The fraction of sp³-hybridized carbons (Fsp3) is 0.263. The van der Waals surface area contributed by atoms with E-state index in [1.54, 1.807) is 11.0 Å². The third-order valence-electron chi connectivity index (χ3n) is 3.64. The van der Waals surface area contributed by atoms with Crippen LogP contribution in [0.2, 0.25) is 5.02 Å². The zero-order chi connectivity index (χ0) is 17.4. The van der Waals surface area contributed by atoms with Crippen molar-refractivity contribution in [2.75, 3.05) is 13.1 Å². The van der Waals surface area contributed by atoms with Crippen LogP contribution in [-0.4, -0.2) is 29.8 Å². The summed E-state index contributed by atoms with van der Waals surface area (Å²) >= 11 is 5.97. The first kappa shape index (κ1) is 18.0. The summed E-state index contributed by atoms with van der Waals surface area (Å²) in [6.45, 7) is 2.96. The van der Waals surface area contributed by atoms with Gasteiger partial charge < -0.3 is 10.2 Å². The van der Waals surface area contributed by atoms with Crippen LogP contribution in [0.25, 0.3) is 0 Å². The number of carbonyl (C=O) groups is 2. The highest BCUT2D eigenvalue weighted by molar-refractivity contribution is 6.30. The molecule has 1 N–H and O–H groups in total. The van der Waals surface area contributed by atoms with Gasteiger partial charge in [-0.1, -0.05) is 54.1 Å². The maximum Gasteiger partial charge on any atom is 0.242 e. The lowest BCUT2D eigenvalue weighted by molar-refractivity contribution is -0.133. The van der Waals surface area contributed by atoms with Gasteiger partial charge in [-0.25, -0.2) is 0 Å². The number of hydrogen-bond donors (Lipinski definition) is 1. The Bertz CT molecular complexity index is 689. The van der Waals surface area contributed by atoms with E-state index in [1.807, 2.05) is 55.5 Å². The van der Waals surface area contributed by atoms with Crippen molar-refractivity contribution >= 4 is 23.4 Å². The molecule has 2 rings (SSSR count). The Labute approximate surface area is 147 Å². The normalized spacial score (nSPS) is 10.2. The van der Waals surface area contributed by atoms with Crippen LogP contribution in [-0.2, 0) is 22.6 Å². The molecule has 2 amide bonds. The van der Waals surface area contributed by atoms with Crippen molar-refractivity contribution in [3.05, 3.63) is 70.7 Å². The van der Waals surface area contributed by atoms with E-state index < -0.39 is 0 Å². The van der Waals surface area contributed by atoms with Crippen molar-refractivity contribution in [3.63, 3.8) is 0 Å². The van der Waals surface area contributed by atoms with Gasteiger partial charge >= 0.3 is 0 Å². The summed E-state index contributed by atoms with van der Waals surface area (Å²) in [5.41, 5.74) is 1.89. The Kier molecular flexibility index (Phi) is 6.82. The number of hydrogen-bond acceptors (Lipinski definition) is 2. The van der Waals surface area contributed by atoms with Gasteiger partial charge in [0.25, 0.3) is 0 Å². The first-order valence-corrected chi connectivity index (χ1v) is 8.29. The molecule has 0 bridgehead atoms. The van der Waals surface area contributed by atoms with E-state index in [9.17, 15) is 9.59 Å². The van der Waals surface area contributed by atoms with Gasteiger partial charge in [-0.2, -0.15) is 0 Å². The molecule has 2 aromatic carbocycles. The number of nitrogens with one attached hydrogen (secondary N) is 1. The van der Waals surface area contributed by atoms with E-state index >= 15 is 0 Å². The predicted molar refractivity (Wildman–Crippen MR) is 95.7 cm³/mol. The first-order chi connectivity index (χ1) is 11.6. The van der Waals surface area contributed by atoms with Gasteiger partial charge in [-0.05, 0) is 30.2 Å². The lowest BCUT2D eigenvalue weighted by atomic mass is 10.1. The molecule has 5 heteroatoms. The van der Waals surface area contributed by atoms with Gasteiger partial charge in [0.15, 0.2) is 0 Å². The van der Waals surface area contributed by atoms with Crippen LogP contribution >= 0.6 is 11.6 Å². The molecule has 24 heavy (non-hydrogen) atoms. The monoisotopic (exact) mass is 344 g/mol. The second-order valence-corrected chi connectivity index (χ2v) is 5.91. The summed E-state index contributed by atoms with van der Waals surface area (Å²) in [5, 5.41) is 3.33. The van der Waals surface area contributed by atoms with E-state index in [0.29, 0.717) is 18.1 Å². The zero-order valence-corrected chi connectivity index (χ0v) is 14.4. The van der Waals surface area contributed by atoms with E-state index in [4.69, 9.17) is 11.6 Å². The molecule has 0 aliphatic heterocycles. The maximum absolute atomic E-state index is 12.3. The molecule has 0 aromatic heterocycles. The van der Waals surface area contributed by atoms with Gasteiger partial charge in [0.05, 0.1) is 13.0 Å². The number of carbonyl (C=O) groups excluding carboxylic acids is 2. The average molecular weight is 345 g/mol. The first-order valence-electron chi connectivity index (χ1n) is 7.91. The standard InChI is InChI=1S/C19H21ClN2O2/c1-2-22(14-16-9-6-10-17(20)11-16)19(24)13-21-18(23)12-15-7-4-3-5-8-15/h3-11H,2,12-14H2,1H3,(H,21,23). The molecule has 0 heterocycles. The molecule has 2 aromatic rings. The van der Waals surface area contributed by atoms with Crippen LogP contribution in [0, 0.1) is 0 Å². The Hall–Kier alpha value is -2.33. The van der Waals surface area contributed by atoms with Crippen molar-refractivity contribution in [2.24, 2.45) is 0 Å². The Balaban J connectivity index is 1.84. The quantitative estimate of drug-likeness (QED) is 0.839.